The molecule has 2 heterocycles. The van der Waals surface area contributed by atoms with E-state index in [0.717, 1.165) is 40.4 Å². The van der Waals surface area contributed by atoms with Gasteiger partial charge in [-0.3, -0.25) is 0 Å². The van der Waals surface area contributed by atoms with Crippen molar-refractivity contribution in [2.24, 2.45) is 0 Å². The zero-order chi connectivity index (χ0) is 11.1. The van der Waals surface area contributed by atoms with Crippen LogP contribution in [0.2, 0.25) is 5.02 Å². The van der Waals surface area contributed by atoms with E-state index in [1.54, 1.807) is 11.3 Å². The number of fused-ring (bicyclic) bond motifs is 1. The summed E-state index contributed by atoms with van der Waals surface area (Å²) in [5.74, 6) is 1.33. The van der Waals surface area contributed by atoms with Crippen molar-refractivity contribution in [1.82, 2.24) is 9.97 Å². The van der Waals surface area contributed by atoms with Crippen LogP contribution >= 0.6 is 22.9 Å². The van der Waals surface area contributed by atoms with Crippen molar-refractivity contribution >= 4 is 28.8 Å². The first-order valence-electron chi connectivity index (χ1n) is 5.14. The van der Waals surface area contributed by atoms with Gasteiger partial charge < -0.3 is 5.73 Å². The molecule has 0 amide bonds. The van der Waals surface area contributed by atoms with E-state index in [1.807, 2.05) is 11.4 Å². The molecule has 2 aromatic heterocycles. The Morgan fingerprint density at radius 2 is 2.19 bits per heavy atom. The minimum absolute atomic E-state index is 0.627. The molecule has 82 valence electrons. The molecule has 0 spiro atoms. The van der Waals surface area contributed by atoms with Gasteiger partial charge in [-0.25, -0.2) is 9.97 Å². The number of thiophene rings is 1. The van der Waals surface area contributed by atoms with Crippen LogP contribution < -0.4 is 5.73 Å². The van der Waals surface area contributed by atoms with Gasteiger partial charge >= 0.3 is 0 Å². The SMILES string of the molecule is Nc1nc(-c2cc(Cl)cs2)nc2c1CCC2. The molecule has 1 aliphatic carbocycles. The van der Waals surface area contributed by atoms with E-state index < -0.39 is 0 Å². The Labute approximate surface area is 102 Å². The van der Waals surface area contributed by atoms with Crippen LogP contribution in [0.3, 0.4) is 0 Å². The molecule has 2 N–H and O–H groups in total. The summed E-state index contributed by atoms with van der Waals surface area (Å²) in [6.45, 7) is 0. The fraction of sp³-hybridized carbons (Fsp3) is 0.273. The van der Waals surface area contributed by atoms with Crippen molar-refractivity contribution in [1.29, 1.82) is 0 Å². The van der Waals surface area contributed by atoms with Gasteiger partial charge in [0.2, 0.25) is 0 Å². The van der Waals surface area contributed by atoms with Gasteiger partial charge in [0.25, 0.3) is 0 Å². The summed E-state index contributed by atoms with van der Waals surface area (Å²) in [7, 11) is 0. The lowest BCUT2D eigenvalue weighted by Gasteiger charge is -2.04. The standard InChI is InChI=1S/C11H10ClN3S/c12-6-4-9(16-5-6)11-14-8-3-1-2-7(8)10(13)15-11/h4-5H,1-3H2,(H2,13,14,15). The van der Waals surface area contributed by atoms with E-state index in [-0.39, 0.29) is 0 Å². The topological polar surface area (TPSA) is 51.8 Å². The van der Waals surface area contributed by atoms with Gasteiger partial charge in [0, 0.05) is 16.6 Å². The van der Waals surface area contributed by atoms with Crippen molar-refractivity contribution in [3.8, 4) is 10.7 Å². The molecule has 1 aliphatic rings. The minimum Gasteiger partial charge on any atom is -0.383 e. The Balaban J connectivity index is 2.12. The monoisotopic (exact) mass is 251 g/mol. The van der Waals surface area contributed by atoms with E-state index in [0.29, 0.717) is 11.6 Å². The number of rotatable bonds is 1. The average molecular weight is 252 g/mol. The molecule has 0 atom stereocenters. The van der Waals surface area contributed by atoms with E-state index in [9.17, 15) is 0 Å². The summed E-state index contributed by atoms with van der Waals surface area (Å²) in [6.07, 6.45) is 3.14. The third kappa shape index (κ3) is 1.58. The summed E-state index contributed by atoms with van der Waals surface area (Å²) < 4.78 is 0. The third-order valence-corrected chi connectivity index (χ3v) is 4.03. The lowest BCUT2D eigenvalue weighted by Crippen LogP contribution is -2.02. The Bertz CT molecular complexity index is 550. The number of nitrogens with zero attached hydrogens (tertiary/aromatic N) is 2. The van der Waals surface area contributed by atoms with E-state index in [4.69, 9.17) is 17.3 Å². The van der Waals surface area contributed by atoms with Crippen LogP contribution in [0.4, 0.5) is 5.82 Å². The molecule has 0 aliphatic heterocycles. The Kier molecular flexibility index (Phi) is 2.33. The highest BCUT2D eigenvalue weighted by molar-refractivity contribution is 7.14. The number of aryl methyl sites for hydroxylation is 1. The maximum atomic E-state index is 5.94. The Morgan fingerprint density at radius 3 is 2.94 bits per heavy atom. The molecule has 16 heavy (non-hydrogen) atoms. The maximum absolute atomic E-state index is 5.94. The average Bonchev–Trinajstić information content (AvgIpc) is 2.85. The number of hydrogen-bond acceptors (Lipinski definition) is 4. The van der Waals surface area contributed by atoms with E-state index in [1.165, 1.54) is 0 Å². The first-order chi connectivity index (χ1) is 7.74. The maximum Gasteiger partial charge on any atom is 0.171 e. The molecule has 0 fully saturated rings. The van der Waals surface area contributed by atoms with Crippen LogP contribution in [0, 0.1) is 0 Å². The molecule has 3 nitrogen and oxygen atoms in total. The van der Waals surface area contributed by atoms with Gasteiger partial charge in [-0.15, -0.1) is 11.3 Å². The van der Waals surface area contributed by atoms with E-state index >= 15 is 0 Å². The largest absolute Gasteiger partial charge is 0.383 e. The summed E-state index contributed by atoms with van der Waals surface area (Å²) in [6, 6.07) is 1.88. The lowest BCUT2D eigenvalue weighted by atomic mass is 10.2. The Hall–Kier alpha value is -1.13. The second-order valence-corrected chi connectivity index (χ2v) is 5.19. The highest BCUT2D eigenvalue weighted by Gasteiger charge is 2.18. The number of anilines is 1. The van der Waals surface area contributed by atoms with Crippen LogP contribution in [0.25, 0.3) is 10.7 Å². The molecule has 0 saturated carbocycles. The summed E-state index contributed by atoms with van der Waals surface area (Å²) in [5, 5.41) is 2.60. The summed E-state index contributed by atoms with van der Waals surface area (Å²) in [4.78, 5) is 9.88. The molecule has 0 radical (unpaired) electrons. The normalized spacial score (nSPS) is 14.1. The van der Waals surface area contributed by atoms with Crippen molar-refractivity contribution in [3.63, 3.8) is 0 Å². The predicted molar refractivity (Wildman–Crippen MR) is 66.8 cm³/mol. The number of nitrogen functional groups attached to an aromatic ring is 1. The van der Waals surface area contributed by atoms with Crippen molar-refractivity contribution in [2.75, 3.05) is 5.73 Å². The molecular weight excluding hydrogens is 242 g/mol. The molecule has 2 aromatic rings. The Morgan fingerprint density at radius 1 is 1.31 bits per heavy atom. The van der Waals surface area contributed by atoms with Crippen molar-refractivity contribution in [3.05, 3.63) is 27.7 Å². The first kappa shape index (κ1) is 10.1. The van der Waals surface area contributed by atoms with Crippen LogP contribution in [0.5, 0.6) is 0 Å². The van der Waals surface area contributed by atoms with Gasteiger partial charge in [0.1, 0.15) is 5.82 Å². The number of halogens is 1. The zero-order valence-electron chi connectivity index (χ0n) is 8.53. The molecule has 0 saturated heterocycles. The summed E-state index contributed by atoms with van der Waals surface area (Å²) in [5.41, 5.74) is 8.17. The van der Waals surface area contributed by atoms with E-state index in [2.05, 4.69) is 9.97 Å². The van der Waals surface area contributed by atoms with Crippen LogP contribution in [0.15, 0.2) is 11.4 Å². The summed E-state index contributed by atoms with van der Waals surface area (Å²) >= 11 is 7.44. The fourth-order valence-electron chi connectivity index (χ4n) is 2.00. The third-order valence-electron chi connectivity index (χ3n) is 2.75. The molecule has 0 aromatic carbocycles. The molecule has 0 bridgehead atoms. The first-order valence-corrected chi connectivity index (χ1v) is 6.39. The minimum atomic E-state index is 0.627. The van der Waals surface area contributed by atoms with Gasteiger partial charge in [-0.2, -0.15) is 0 Å². The van der Waals surface area contributed by atoms with Gasteiger partial charge in [-0.1, -0.05) is 11.6 Å². The second kappa shape index (κ2) is 3.71. The van der Waals surface area contributed by atoms with Crippen molar-refractivity contribution in [2.45, 2.75) is 19.3 Å². The highest BCUT2D eigenvalue weighted by Crippen LogP contribution is 2.31. The molecule has 3 rings (SSSR count). The van der Waals surface area contributed by atoms with Crippen LogP contribution in [-0.2, 0) is 12.8 Å². The number of aromatic nitrogens is 2. The van der Waals surface area contributed by atoms with Crippen LogP contribution in [-0.4, -0.2) is 9.97 Å². The number of nitrogens with two attached hydrogens (primary N) is 1. The molecule has 5 heteroatoms. The van der Waals surface area contributed by atoms with Gasteiger partial charge in [0.15, 0.2) is 5.82 Å². The smallest absolute Gasteiger partial charge is 0.171 e. The van der Waals surface area contributed by atoms with Gasteiger partial charge in [-0.05, 0) is 25.3 Å². The quantitative estimate of drug-likeness (QED) is 0.848. The lowest BCUT2D eigenvalue weighted by molar-refractivity contribution is 0.900. The van der Waals surface area contributed by atoms with Gasteiger partial charge in [0.05, 0.1) is 9.90 Å². The number of hydrogen-bond donors (Lipinski definition) is 1. The molecular formula is C11H10ClN3S. The highest BCUT2D eigenvalue weighted by atomic mass is 35.5. The van der Waals surface area contributed by atoms with Crippen molar-refractivity contribution < 1.29 is 0 Å². The fourth-order valence-corrected chi connectivity index (χ4v) is 3.01. The predicted octanol–water partition coefficient (Wildman–Crippen LogP) is 2.93. The second-order valence-electron chi connectivity index (χ2n) is 3.84. The van der Waals surface area contributed by atoms with Crippen LogP contribution in [0.1, 0.15) is 17.7 Å². The zero-order valence-corrected chi connectivity index (χ0v) is 10.1. The molecule has 0 unspecified atom stereocenters.